The molecular formula is C13H15F2N3S. The maximum Gasteiger partial charge on any atom is 0.265 e. The Balaban J connectivity index is 2.28. The maximum absolute atomic E-state index is 13.0. The van der Waals surface area contributed by atoms with E-state index >= 15 is 0 Å². The number of benzene rings is 1. The van der Waals surface area contributed by atoms with Crippen molar-refractivity contribution in [1.82, 2.24) is 4.98 Å². The van der Waals surface area contributed by atoms with Crippen LogP contribution in [0.1, 0.15) is 22.6 Å². The smallest absolute Gasteiger partial charge is 0.265 e. The van der Waals surface area contributed by atoms with Crippen molar-refractivity contribution in [3.8, 4) is 0 Å². The number of nitrogens with two attached hydrogens (primary N) is 1. The number of aromatic nitrogens is 1. The molecule has 0 unspecified atom stereocenters. The minimum Gasteiger partial charge on any atom is -0.399 e. The number of aryl methyl sites for hydroxylation is 1. The van der Waals surface area contributed by atoms with Crippen LogP contribution in [0.15, 0.2) is 23.7 Å². The summed E-state index contributed by atoms with van der Waals surface area (Å²) in [5.41, 5.74) is 9.07. The maximum atomic E-state index is 13.0. The van der Waals surface area contributed by atoms with E-state index in [1.54, 1.807) is 29.6 Å². The molecule has 0 spiro atoms. The monoisotopic (exact) mass is 283 g/mol. The highest BCUT2D eigenvalue weighted by Crippen LogP contribution is 2.32. The Kier molecular flexibility index (Phi) is 3.99. The van der Waals surface area contributed by atoms with Gasteiger partial charge in [-0.15, -0.1) is 11.3 Å². The second-order valence-electron chi connectivity index (χ2n) is 4.34. The summed E-state index contributed by atoms with van der Waals surface area (Å²) in [4.78, 5) is 7.02. The molecular weight excluding hydrogens is 268 g/mol. The molecule has 0 aliphatic rings. The predicted octanol–water partition coefficient (Wildman–Crippen LogP) is 3.61. The second kappa shape index (κ2) is 5.52. The van der Waals surface area contributed by atoms with Crippen LogP contribution in [0, 0.1) is 6.92 Å². The minimum absolute atomic E-state index is 0.0373. The van der Waals surface area contributed by atoms with Gasteiger partial charge in [-0.05, 0) is 25.1 Å². The lowest BCUT2D eigenvalue weighted by Crippen LogP contribution is -2.18. The van der Waals surface area contributed by atoms with Crippen molar-refractivity contribution < 1.29 is 8.78 Å². The molecule has 0 amide bonds. The number of hydrogen-bond donors (Lipinski definition) is 1. The first kappa shape index (κ1) is 13.7. The standard InChI is InChI=1S/C13H15F2N3S/c1-8-12(19-7-17-8)6-18(2)11-4-3-9(16)5-10(11)13(14)15/h3-5,7,13H,6,16H2,1-2H3. The van der Waals surface area contributed by atoms with Crippen molar-refractivity contribution in [3.63, 3.8) is 0 Å². The minimum atomic E-state index is -2.54. The topological polar surface area (TPSA) is 42.2 Å². The average molecular weight is 283 g/mol. The van der Waals surface area contributed by atoms with Gasteiger partial charge in [0.1, 0.15) is 0 Å². The van der Waals surface area contributed by atoms with Crippen LogP contribution < -0.4 is 10.6 Å². The molecule has 0 saturated carbocycles. The Morgan fingerprint density at radius 3 is 2.74 bits per heavy atom. The molecule has 1 aromatic carbocycles. The van der Waals surface area contributed by atoms with E-state index in [2.05, 4.69) is 4.98 Å². The fourth-order valence-electron chi connectivity index (χ4n) is 1.87. The van der Waals surface area contributed by atoms with E-state index in [1.165, 1.54) is 17.4 Å². The Bertz CT molecular complexity index is 569. The third-order valence-electron chi connectivity index (χ3n) is 2.92. The van der Waals surface area contributed by atoms with Crippen molar-refractivity contribution in [2.45, 2.75) is 19.9 Å². The van der Waals surface area contributed by atoms with E-state index in [1.807, 2.05) is 6.92 Å². The van der Waals surface area contributed by atoms with Gasteiger partial charge in [0.25, 0.3) is 6.43 Å². The molecule has 0 aliphatic carbocycles. The summed E-state index contributed by atoms with van der Waals surface area (Å²) < 4.78 is 26.1. The third-order valence-corrected chi connectivity index (χ3v) is 3.84. The molecule has 2 N–H and O–H groups in total. The zero-order chi connectivity index (χ0) is 14.0. The van der Waals surface area contributed by atoms with E-state index in [-0.39, 0.29) is 5.56 Å². The fourth-order valence-corrected chi connectivity index (χ4v) is 2.70. The van der Waals surface area contributed by atoms with Gasteiger partial charge in [-0.3, -0.25) is 0 Å². The fraction of sp³-hybridized carbons (Fsp3) is 0.308. The molecule has 0 aliphatic heterocycles. The molecule has 2 rings (SSSR count). The Morgan fingerprint density at radius 2 is 2.16 bits per heavy atom. The van der Waals surface area contributed by atoms with Gasteiger partial charge >= 0.3 is 0 Å². The molecule has 0 bridgehead atoms. The molecule has 0 atom stereocenters. The highest BCUT2D eigenvalue weighted by molar-refractivity contribution is 7.09. The lowest BCUT2D eigenvalue weighted by Gasteiger charge is -2.22. The highest BCUT2D eigenvalue weighted by Gasteiger charge is 2.17. The lowest BCUT2D eigenvalue weighted by atomic mass is 10.1. The van der Waals surface area contributed by atoms with Gasteiger partial charge in [0, 0.05) is 28.9 Å². The van der Waals surface area contributed by atoms with E-state index in [4.69, 9.17) is 5.73 Å². The Labute approximate surface area is 114 Å². The van der Waals surface area contributed by atoms with E-state index < -0.39 is 6.43 Å². The normalized spacial score (nSPS) is 11.0. The summed E-state index contributed by atoms with van der Waals surface area (Å²) in [7, 11) is 1.79. The summed E-state index contributed by atoms with van der Waals surface area (Å²) in [6.45, 7) is 2.47. The van der Waals surface area contributed by atoms with Crippen molar-refractivity contribution in [2.75, 3.05) is 17.7 Å². The van der Waals surface area contributed by atoms with E-state index in [0.717, 1.165) is 10.6 Å². The van der Waals surface area contributed by atoms with Gasteiger partial charge in [-0.1, -0.05) is 0 Å². The molecule has 2 aromatic rings. The largest absolute Gasteiger partial charge is 0.399 e. The van der Waals surface area contributed by atoms with Crippen molar-refractivity contribution in [2.24, 2.45) is 0 Å². The van der Waals surface area contributed by atoms with Gasteiger partial charge in [-0.25, -0.2) is 13.8 Å². The van der Waals surface area contributed by atoms with Gasteiger partial charge in [0.05, 0.1) is 17.7 Å². The molecule has 0 radical (unpaired) electrons. The predicted molar refractivity (Wildman–Crippen MR) is 74.8 cm³/mol. The van der Waals surface area contributed by atoms with Crippen LogP contribution in [0.25, 0.3) is 0 Å². The number of nitrogens with zero attached hydrogens (tertiary/aromatic N) is 2. The third kappa shape index (κ3) is 3.01. The SMILES string of the molecule is Cc1ncsc1CN(C)c1ccc(N)cc1C(F)F. The summed E-state index contributed by atoms with van der Waals surface area (Å²) in [5, 5.41) is 0. The summed E-state index contributed by atoms with van der Waals surface area (Å²) in [5.74, 6) is 0. The first-order valence-corrected chi connectivity index (χ1v) is 6.64. The number of thiazole rings is 1. The van der Waals surface area contributed by atoms with Crippen molar-refractivity contribution in [1.29, 1.82) is 0 Å². The van der Waals surface area contributed by atoms with E-state index in [0.29, 0.717) is 17.9 Å². The Hall–Kier alpha value is -1.69. The number of alkyl halides is 2. The summed E-state index contributed by atoms with van der Waals surface area (Å²) in [6, 6.07) is 4.60. The van der Waals surface area contributed by atoms with Crippen LogP contribution in [0.4, 0.5) is 20.2 Å². The first-order chi connectivity index (χ1) is 8.99. The van der Waals surface area contributed by atoms with E-state index in [9.17, 15) is 8.78 Å². The quantitative estimate of drug-likeness (QED) is 0.872. The van der Waals surface area contributed by atoms with Crippen LogP contribution in [0.2, 0.25) is 0 Å². The highest BCUT2D eigenvalue weighted by atomic mass is 32.1. The molecule has 19 heavy (non-hydrogen) atoms. The first-order valence-electron chi connectivity index (χ1n) is 5.76. The van der Waals surface area contributed by atoms with Crippen LogP contribution in [-0.2, 0) is 6.54 Å². The van der Waals surface area contributed by atoms with Gasteiger partial charge in [0.15, 0.2) is 0 Å². The number of rotatable bonds is 4. The summed E-state index contributed by atoms with van der Waals surface area (Å²) in [6.07, 6.45) is -2.54. The van der Waals surface area contributed by atoms with Gasteiger partial charge in [-0.2, -0.15) is 0 Å². The van der Waals surface area contributed by atoms with Crippen LogP contribution >= 0.6 is 11.3 Å². The Morgan fingerprint density at radius 1 is 1.42 bits per heavy atom. The molecule has 6 heteroatoms. The molecule has 102 valence electrons. The number of halogens is 2. The van der Waals surface area contributed by atoms with Gasteiger partial charge < -0.3 is 10.6 Å². The number of hydrogen-bond acceptors (Lipinski definition) is 4. The van der Waals surface area contributed by atoms with Gasteiger partial charge in [0.2, 0.25) is 0 Å². The molecule has 0 fully saturated rings. The van der Waals surface area contributed by atoms with Crippen LogP contribution in [0.5, 0.6) is 0 Å². The zero-order valence-electron chi connectivity index (χ0n) is 10.7. The lowest BCUT2D eigenvalue weighted by molar-refractivity contribution is 0.152. The molecule has 3 nitrogen and oxygen atoms in total. The zero-order valence-corrected chi connectivity index (χ0v) is 11.5. The summed E-state index contributed by atoms with van der Waals surface area (Å²) >= 11 is 1.52. The number of anilines is 2. The average Bonchev–Trinajstić information content (AvgIpc) is 2.74. The molecule has 1 aromatic heterocycles. The number of nitrogen functional groups attached to an aromatic ring is 1. The second-order valence-corrected chi connectivity index (χ2v) is 5.28. The van der Waals surface area contributed by atoms with Crippen LogP contribution in [0.3, 0.4) is 0 Å². The molecule has 1 heterocycles. The van der Waals surface area contributed by atoms with Crippen molar-refractivity contribution in [3.05, 3.63) is 39.8 Å². The molecule has 0 saturated heterocycles. The van der Waals surface area contributed by atoms with Crippen molar-refractivity contribution >= 4 is 22.7 Å². The van der Waals surface area contributed by atoms with Crippen LogP contribution in [-0.4, -0.2) is 12.0 Å².